The smallest absolute Gasteiger partial charge is 0.314 e. The maximum Gasteiger partial charge on any atom is 0.314 e. The Kier molecular flexibility index (Phi) is 12.6. The molecule has 0 bridgehead atoms. The fraction of sp³-hybridized carbons (Fsp3) is 0.917. The van der Waals surface area contributed by atoms with Crippen LogP contribution in [0.5, 0.6) is 0 Å². The minimum atomic E-state index is -0.132. The highest BCUT2D eigenvalue weighted by molar-refractivity contribution is 5.73. The van der Waals surface area contributed by atoms with Crippen molar-refractivity contribution in [2.75, 3.05) is 39.5 Å². The maximum absolute atomic E-state index is 11.0. The van der Waals surface area contributed by atoms with E-state index in [9.17, 15) is 4.79 Å². The number of nitrogens with one attached hydrogen (secondary N) is 2. The molecule has 0 unspecified atom stereocenters. The number of hydrogen-bond acceptors (Lipinski definition) is 3. The average Bonchev–Trinajstić information content (AvgIpc) is 2.32. The molecular weight excluding hydrogens is 220 g/mol. The van der Waals surface area contributed by atoms with Crippen LogP contribution in [0.1, 0.15) is 36.0 Å². The Morgan fingerprint density at radius 1 is 1.00 bits per heavy atom. The number of urea groups is 1. The van der Waals surface area contributed by atoms with E-state index in [4.69, 9.17) is 9.47 Å². The van der Waals surface area contributed by atoms with E-state index in [1.807, 2.05) is 13.8 Å². The number of carbonyl (C=O) groups is 1. The summed E-state index contributed by atoms with van der Waals surface area (Å²) in [6, 6.07) is -0.132. The minimum Gasteiger partial charge on any atom is -0.382 e. The van der Waals surface area contributed by atoms with Crippen molar-refractivity contribution in [3.63, 3.8) is 0 Å². The summed E-state index contributed by atoms with van der Waals surface area (Å²) in [4.78, 5) is 11.0. The van der Waals surface area contributed by atoms with E-state index in [2.05, 4.69) is 10.6 Å². The molecule has 5 nitrogen and oxygen atoms in total. The fourth-order valence-corrected chi connectivity index (χ4v) is 1.29. The van der Waals surface area contributed by atoms with E-state index >= 15 is 0 Å². The number of carbonyl (C=O) groups excluding carboxylic acids is 1. The molecule has 0 heterocycles. The van der Waals surface area contributed by atoms with Gasteiger partial charge in [0.05, 0.1) is 6.61 Å². The van der Waals surface area contributed by atoms with Crippen molar-refractivity contribution in [3.8, 4) is 0 Å². The molecule has 0 saturated heterocycles. The Labute approximate surface area is 107 Å². The zero-order valence-electron chi connectivity index (χ0n) is 11.1. The van der Waals surface area contributed by atoms with E-state index in [0.717, 1.165) is 39.1 Å². The zero-order valence-corrected chi connectivity index (χ0v) is 11.1. The summed E-state index contributed by atoms with van der Waals surface area (Å²) in [5.41, 5.74) is 0. The first-order valence-corrected chi connectivity index (χ1v) is 6.48. The van der Waals surface area contributed by atoms with Crippen molar-refractivity contribution in [1.29, 1.82) is 0 Å². The molecule has 0 aromatic carbocycles. The third-order valence-corrected chi connectivity index (χ3v) is 2.15. The molecule has 0 aliphatic heterocycles. The van der Waals surface area contributed by atoms with Gasteiger partial charge in [-0.2, -0.15) is 0 Å². The molecule has 0 saturated carbocycles. The third kappa shape index (κ3) is 13.1. The topological polar surface area (TPSA) is 59.6 Å². The largest absolute Gasteiger partial charge is 0.382 e. The van der Waals surface area contributed by atoms with E-state index in [1.54, 1.807) is 0 Å². The van der Waals surface area contributed by atoms with Crippen LogP contribution in [0.25, 0.3) is 0 Å². The quantitative estimate of drug-likeness (QED) is 0.552. The fourth-order valence-electron chi connectivity index (χ4n) is 1.29. The number of rotatable bonds is 11. The van der Waals surface area contributed by atoms with Gasteiger partial charge in [0.15, 0.2) is 0 Å². The monoisotopic (exact) mass is 250 g/mol. The summed E-state index contributed by atoms with van der Waals surface area (Å²) >= 11 is 0. The Bertz CT molecular complexity index is 186. The molecule has 0 aromatic rings. The van der Waals surface area contributed by atoms with Crippen LogP contribution in [0.2, 0.25) is 0 Å². The van der Waals surface area contributed by atoms with Crippen LogP contribution >= 0.6 is 0 Å². The zero-order chi connectivity index (χ0) is 12.8. The van der Waals surface area contributed by atoms with Crippen molar-refractivity contribution in [3.05, 3.63) is 0 Å². The summed E-state index contributed by atoms with van der Waals surface area (Å²) in [6.07, 6.45) is 3.27. The Morgan fingerprint density at radius 3 is 2.35 bits per heavy atom. The molecule has 0 aliphatic rings. The van der Waals surface area contributed by atoms with Crippen LogP contribution in [0.3, 0.4) is 0 Å². The average molecular weight is 250 g/mol. The Morgan fingerprint density at radius 2 is 1.71 bits per heavy atom. The molecule has 2 amide bonds. The van der Waals surface area contributed by atoms with Crippen molar-refractivity contribution in [1.82, 2.24) is 10.6 Å². The Hall–Kier alpha value is -0.810. The molecule has 0 radical (unpaired) electrons. The van der Waals surface area contributed by atoms with Gasteiger partial charge in [0, 0.05) is 35.8 Å². The van der Waals surface area contributed by atoms with Crippen LogP contribution in [0.15, 0.2) is 0 Å². The standard InChI is InChI=1S/C12H26N2O3.2H2/c1-3-13-12(15)14-8-11-17-10-7-5-6-9-16-4-2;;/h3-11H2,1-2H3,(H2,13,14,15);2*1H. The summed E-state index contributed by atoms with van der Waals surface area (Å²) in [7, 11) is 0. The van der Waals surface area contributed by atoms with Crippen LogP contribution in [0.4, 0.5) is 4.79 Å². The molecule has 0 fully saturated rings. The second-order valence-electron chi connectivity index (χ2n) is 3.66. The number of hydrogen-bond donors (Lipinski definition) is 2. The van der Waals surface area contributed by atoms with Gasteiger partial charge in [-0.15, -0.1) is 0 Å². The minimum absolute atomic E-state index is 0. The molecule has 106 valence electrons. The lowest BCUT2D eigenvalue weighted by molar-refractivity contribution is 0.121. The van der Waals surface area contributed by atoms with Gasteiger partial charge in [-0.25, -0.2) is 4.79 Å². The normalized spacial score (nSPS) is 10.2. The molecule has 0 rings (SSSR count). The van der Waals surface area contributed by atoms with Gasteiger partial charge >= 0.3 is 6.03 Å². The van der Waals surface area contributed by atoms with Gasteiger partial charge in [0.25, 0.3) is 0 Å². The molecular formula is C12H30N2O3. The number of amides is 2. The summed E-state index contributed by atoms with van der Waals surface area (Å²) in [6.45, 7) is 8.06. The molecule has 0 aliphatic carbocycles. The van der Waals surface area contributed by atoms with E-state index in [-0.39, 0.29) is 8.88 Å². The van der Waals surface area contributed by atoms with Gasteiger partial charge in [-0.3, -0.25) is 0 Å². The van der Waals surface area contributed by atoms with Gasteiger partial charge in [0.1, 0.15) is 0 Å². The number of ether oxygens (including phenoxy) is 2. The van der Waals surface area contributed by atoms with Crippen molar-refractivity contribution in [2.45, 2.75) is 33.1 Å². The second kappa shape index (κ2) is 13.3. The summed E-state index contributed by atoms with van der Waals surface area (Å²) in [5.74, 6) is 0. The maximum atomic E-state index is 11.0. The summed E-state index contributed by atoms with van der Waals surface area (Å²) in [5, 5.41) is 5.36. The first-order chi connectivity index (χ1) is 8.31. The van der Waals surface area contributed by atoms with Crippen molar-refractivity contribution in [2.24, 2.45) is 0 Å². The van der Waals surface area contributed by atoms with E-state index in [1.165, 1.54) is 0 Å². The molecule has 0 aromatic heterocycles. The van der Waals surface area contributed by atoms with Crippen LogP contribution in [0, 0.1) is 0 Å². The van der Waals surface area contributed by atoms with Gasteiger partial charge in [-0.05, 0) is 33.1 Å². The molecule has 2 N–H and O–H groups in total. The molecule has 0 atom stereocenters. The predicted octanol–water partition coefficient (Wildman–Crippen LogP) is 2.02. The lowest BCUT2D eigenvalue weighted by Gasteiger charge is -2.06. The first-order valence-electron chi connectivity index (χ1n) is 6.48. The van der Waals surface area contributed by atoms with Gasteiger partial charge < -0.3 is 20.1 Å². The molecule has 5 heteroatoms. The predicted molar refractivity (Wildman–Crippen MR) is 72.5 cm³/mol. The van der Waals surface area contributed by atoms with E-state index in [0.29, 0.717) is 19.7 Å². The molecule has 17 heavy (non-hydrogen) atoms. The SMILES string of the molecule is CCNC(=O)NCCOCCCCCOCC.[HH].[HH]. The first kappa shape index (κ1) is 16.2. The van der Waals surface area contributed by atoms with Crippen molar-refractivity contribution >= 4 is 6.03 Å². The highest BCUT2D eigenvalue weighted by Gasteiger charge is 1.96. The van der Waals surface area contributed by atoms with Gasteiger partial charge in [0.2, 0.25) is 0 Å². The van der Waals surface area contributed by atoms with Gasteiger partial charge in [-0.1, -0.05) is 0 Å². The lowest BCUT2D eigenvalue weighted by Crippen LogP contribution is -2.37. The third-order valence-electron chi connectivity index (χ3n) is 2.15. The van der Waals surface area contributed by atoms with Crippen LogP contribution < -0.4 is 10.6 Å². The van der Waals surface area contributed by atoms with Crippen LogP contribution in [-0.2, 0) is 9.47 Å². The Balaban J connectivity index is -0.00000128. The highest BCUT2D eigenvalue weighted by atomic mass is 16.5. The number of unbranched alkanes of at least 4 members (excludes halogenated alkanes) is 2. The van der Waals surface area contributed by atoms with E-state index < -0.39 is 0 Å². The van der Waals surface area contributed by atoms with Crippen LogP contribution in [-0.4, -0.2) is 45.5 Å². The molecule has 0 spiro atoms. The summed E-state index contributed by atoms with van der Waals surface area (Å²) < 4.78 is 10.6. The lowest BCUT2D eigenvalue weighted by atomic mass is 10.2. The van der Waals surface area contributed by atoms with Crippen molar-refractivity contribution < 1.29 is 17.1 Å². The second-order valence-corrected chi connectivity index (χ2v) is 3.66. The highest BCUT2D eigenvalue weighted by Crippen LogP contribution is 1.96.